The summed E-state index contributed by atoms with van der Waals surface area (Å²) in [6, 6.07) is 12.4. The molecule has 0 bridgehead atoms. The van der Waals surface area contributed by atoms with Crippen molar-refractivity contribution in [3.63, 3.8) is 0 Å². The fraction of sp³-hybridized carbons (Fsp3) is 0.842. The van der Waals surface area contributed by atoms with Gasteiger partial charge >= 0.3 is 5.97 Å². The number of hydrogen-bond donors (Lipinski definition) is 0. The van der Waals surface area contributed by atoms with Gasteiger partial charge in [0.1, 0.15) is 6.61 Å². The number of esters is 1. The summed E-state index contributed by atoms with van der Waals surface area (Å²) < 4.78 is 22.3. The van der Waals surface area contributed by atoms with Gasteiger partial charge in [0.05, 0.1) is 33.0 Å². The molecule has 5 nitrogen and oxygen atoms in total. The predicted molar refractivity (Wildman–Crippen MR) is 231 cm³/mol. The van der Waals surface area contributed by atoms with Crippen LogP contribution in [0.2, 0.25) is 0 Å². The average Bonchev–Trinajstić information content (AvgIpc) is 4.01. The van der Waals surface area contributed by atoms with Crippen LogP contribution in [0.4, 0.5) is 0 Å². The van der Waals surface area contributed by atoms with Crippen LogP contribution in [0, 0.1) is 171 Å². The highest BCUT2D eigenvalue weighted by atomic mass is 16.6. The second-order valence-electron chi connectivity index (χ2n) is 26.7. The Morgan fingerprint density at radius 1 is 0.565 bits per heavy atom. The van der Waals surface area contributed by atoms with Crippen molar-refractivity contribution in [1.82, 2.24) is 0 Å². The molecule has 16 fully saturated rings. The fourth-order valence-corrected chi connectivity index (χ4v) is 28.5. The van der Waals surface area contributed by atoms with Gasteiger partial charge in [-0.2, -0.15) is 0 Å². The molecule has 1 aromatic rings. The summed E-state index contributed by atoms with van der Waals surface area (Å²) in [5, 5.41) is 0. The van der Waals surface area contributed by atoms with Crippen molar-refractivity contribution in [1.29, 1.82) is 0 Å². The number of ether oxygens (including phenoxy) is 4. The lowest BCUT2D eigenvalue weighted by Gasteiger charge is -2.62. The zero-order valence-corrected chi connectivity index (χ0v) is 37.1. The Labute approximate surface area is 369 Å². The number of rotatable bonds is 14. The highest BCUT2D eigenvalue weighted by Gasteiger charge is 3.00. The maximum absolute atomic E-state index is 13.6. The molecule has 0 saturated heterocycles. The number of hydrogen-bond acceptors (Lipinski definition) is 5. The second kappa shape index (κ2) is 11.3. The number of carbonyl (C=O) groups excluding carboxylic acids is 1. The number of carbonyl (C=O) groups is 1. The number of methoxy groups -OCH3 is 1. The zero-order valence-electron chi connectivity index (χ0n) is 37.1. The Bertz CT molecular complexity index is 2200. The highest BCUT2D eigenvalue weighted by molar-refractivity contribution is 5.69. The van der Waals surface area contributed by atoms with E-state index in [2.05, 4.69) is 36.4 Å². The van der Waals surface area contributed by atoms with Crippen molar-refractivity contribution in [3.05, 3.63) is 47.5 Å². The maximum Gasteiger partial charge on any atom is 0.305 e. The third-order valence-corrected chi connectivity index (χ3v) is 27.0. The summed E-state index contributed by atoms with van der Waals surface area (Å²) in [4.78, 5) is 13.6. The van der Waals surface area contributed by atoms with Gasteiger partial charge in [-0.05, 0) is 230 Å². The van der Waals surface area contributed by atoms with E-state index in [4.69, 9.17) is 18.9 Å². The van der Waals surface area contributed by atoms with Gasteiger partial charge < -0.3 is 18.9 Å². The van der Waals surface area contributed by atoms with Crippen molar-refractivity contribution in [2.75, 3.05) is 46.8 Å². The molecule has 0 heterocycles. The van der Waals surface area contributed by atoms with Gasteiger partial charge in [0.2, 0.25) is 0 Å². The van der Waals surface area contributed by atoms with Crippen molar-refractivity contribution in [2.45, 2.75) is 76.0 Å². The Morgan fingerprint density at radius 2 is 1.08 bits per heavy atom. The van der Waals surface area contributed by atoms with E-state index in [9.17, 15) is 4.79 Å². The SMILES string of the molecule is COCCOCCOCCOC(=O)CCCC1(c2ccccc2)C23C=C4CC5CC6CC7CC8CC9CC%10CC(C2)C2C%11C%10C9C9C8C8C7C6C6C5C5C7C6C8C9C%11C7C2C31C45. The van der Waals surface area contributed by atoms with E-state index in [0.717, 1.165) is 166 Å². The summed E-state index contributed by atoms with van der Waals surface area (Å²) in [6.45, 7) is 3.02. The minimum atomic E-state index is -0.0177. The standard InChI is InChI=1S/C57H70O5/c1-59-10-11-60-12-13-61-14-15-62-34(58)8-5-9-56(33-6-3-2-4-7-33)55-23-31-21-29-19-27-18-28-17-25-16-26-20-30-22-32(24-55)53-51-40(30)44-36(26)35(25)42-39(28)43-37(27)38(29)45-41(31)54(57(53,55)56)52-49(45)47(43)46(42)48(44)50(51)52/h2-4,6-7,24-31,35-54H,5,8-23H2,1H3. The number of allylic oxidation sites excluding steroid dienone is 2. The van der Waals surface area contributed by atoms with Crippen LogP contribution in [-0.2, 0) is 29.2 Å². The van der Waals surface area contributed by atoms with Crippen LogP contribution in [0.5, 0.6) is 0 Å². The Morgan fingerprint density at radius 3 is 1.74 bits per heavy atom. The first-order valence-corrected chi connectivity index (χ1v) is 27.2. The van der Waals surface area contributed by atoms with Gasteiger partial charge in [-0.25, -0.2) is 0 Å². The van der Waals surface area contributed by atoms with E-state index in [1.165, 1.54) is 19.3 Å². The number of benzene rings is 1. The third kappa shape index (κ3) is 3.40. The van der Waals surface area contributed by atoms with E-state index in [1.807, 2.05) is 5.57 Å². The van der Waals surface area contributed by atoms with E-state index >= 15 is 0 Å². The van der Waals surface area contributed by atoms with Crippen LogP contribution in [0.1, 0.15) is 76.2 Å². The van der Waals surface area contributed by atoms with E-state index in [-0.39, 0.29) is 11.4 Å². The largest absolute Gasteiger partial charge is 0.463 e. The van der Waals surface area contributed by atoms with Crippen LogP contribution in [0.15, 0.2) is 42.0 Å². The van der Waals surface area contributed by atoms with Crippen molar-refractivity contribution >= 4 is 5.97 Å². The van der Waals surface area contributed by atoms with E-state index in [0.29, 0.717) is 56.9 Å². The lowest BCUT2D eigenvalue weighted by molar-refractivity contribution is -0.154. The maximum atomic E-state index is 13.6. The van der Waals surface area contributed by atoms with Crippen LogP contribution in [-0.4, -0.2) is 52.7 Å². The van der Waals surface area contributed by atoms with Crippen LogP contribution >= 0.6 is 0 Å². The van der Waals surface area contributed by atoms with Crippen LogP contribution < -0.4 is 0 Å². The molecular formula is C57H70O5. The molecule has 62 heavy (non-hydrogen) atoms. The summed E-state index contributed by atoms with van der Waals surface area (Å²) >= 11 is 0. The smallest absolute Gasteiger partial charge is 0.305 e. The topological polar surface area (TPSA) is 54.0 Å². The predicted octanol–water partition coefficient (Wildman–Crippen LogP) is 9.21. The molecule has 0 N–H and O–H groups in total. The first-order chi connectivity index (χ1) is 30.6. The minimum Gasteiger partial charge on any atom is -0.463 e. The molecule has 0 aliphatic heterocycles. The molecular weight excluding hydrogens is 765 g/mol. The molecule has 30 unspecified atom stereocenters. The van der Waals surface area contributed by atoms with Gasteiger partial charge in [0.15, 0.2) is 0 Å². The summed E-state index contributed by atoms with van der Waals surface area (Å²) in [5.74, 6) is 28.9. The lowest BCUT2D eigenvalue weighted by Crippen LogP contribution is -2.59. The Hall–Kier alpha value is -1.69. The van der Waals surface area contributed by atoms with Crippen LogP contribution in [0.25, 0.3) is 0 Å². The molecule has 1 spiro atoms. The molecule has 0 aromatic heterocycles. The molecule has 0 radical (unpaired) electrons. The van der Waals surface area contributed by atoms with Gasteiger partial charge in [0.25, 0.3) is 0 Å². The van der Waals surface area contributed by atoms with Crippen LogP contribution in [0.3, 0.4) is 0 Å². The lowest BCUT2D eigenvalue weighted by atomic mass is 9.41. The molecule has 328 valence electrons. The third-order valence-electron chi connectivity index (χ3n) is 27.0. The van der Waals surface area contributed by atoms with Gasteiger partial charge in [-0.3, -0.25) is 4.79 Å². The van der Waals surface area contributed by atoms with Gasteiger partial charge in [-0.15, -0.1) is 0 Å². The molecule has 30 atom stereocenters. The molecule has 17 aliphatic carbocycles. The van der Waals surface area contributed by atoms with E-state index in [1.54, 1.807) is 51.2 Å². The minimum absolute atomic E-state index is 0.0177. The zero-order chi connectivity index (χ0) is 39.9. The summed E-state index contributed by atoms with van der Waals surface area (Å²) in [6.07, 6.45) is 18.8. The molecule has 17 aliphatic rings. The first kappa shape index (κ1) is 35.5. The normalized spacial score (nSPS) is 64.0. The quantitative estimate of drug-likeness (QED) is 0.106. The second-order valence-corrected chi connectivity index (χ2v) is 26.7. The molecule has 1 aromatic carbocycles. The summed E-state index contributed by atoms with van der Waals surface area (Å²) in [5.41, 5.74) is 4.62. The molecule has 0 amide bonds. The monoisotopic (exact) mass is 835 g/mol. The van der Waals surface area contributed by atoms with Gasteiger partial charge in [0, 0.05) is 29.8 Å². The molecule has 5 heteroatoms. The Balaban J connectivity index is 0.776. The molecule has 18 rings (SSSR count). The van der Waals surface area contributed by atoms with Gasteiger partial charge in [-0.1, -0.05) is 42.0 Å². The van der Waals surface area contributed by atoms with Crippen molar-refractivity contribution in [3.8, 4) is 0 Å². The molecule has 16 saturated carbocycles. The van der Waals surface area contributed by atoms with Crippen molar-refractivity contribution in [2.24, 2.45) is 171 Å². The van der Waals surface area contributed by atoms with E-state index < -0.39 is 0 Å². The highest BCUT2D eigenvalue weighted by Crippen LogP contribution is 3.03. The average molecular weight is 835 g/mol. The summed E-state index contributed by atoms with van der Waals surface area (Å²) in [7, 11) is 1.69. The Kier molecular flexibility index (Phi) is 6.50. The first-order valence-electron chi connectivity index (χ1n) is 27.2. The van der Waals surface area contributed by atoms with Crippen molar-refractivity contribution < 1.29 is 23.7 Å². The fourth-order valence-electron chi connectivity index (χ4n) is 28.5.